The lowest BCUT2D eigenvalue weighted by molar-refractivity contribution is 0.399. The molecule has 7 heteroatoms. The van der Waals surface area contributed by atoms with Crippen LogP contribution in [0, 0.1) is 0 Å². The van der Waals surface area contributed by atoms with Gasteiger partial charge >= 0.3 is 0 Å². The third-order valence-electron chi connectivity index (χ3n) is 2.41. The van der Waals surface area contributed by atoms with Crippen molar-refractivity contribution in [2.45, 2.75) is 0 Å². The maximum absolute atomic E-state index is 5.89. The quantitative estimate of drug-likeness (QED) is 0.899. The fraction of sp³-hybridized carbons (Fsp3) is 0.167. The zero-order valence-electron chi connectivity index (χ0n) is 10.5. The zero-order valence-corrected chi connectivity index (χ0v) is 12.1. The second-order valence-electron chi connectivity index (χ2n) is 3.65. The van der Waals surface area contributed by atoms with Crippen molar-refractivity contribution in [3.63, 3.8) is 0 Å². The van der Waals surface area contributed by atoms with Crippen LogP contribution in [-0.2, 0) is 0 Å². The molecule has 0 saturated heterocycles. The minimum Gasteiger partial charge on any atom is -0.497 e. The van der Waals surface area contributed by atoms with Crippen molar-refractivity contribution in [2.75, 3.05) is 25.3 Å². The Morgan fingerprint density at radius 2 is 1.95 bits per heavy atom. The standard InChI is InChI=1S/C12H13BrN4O2/c1-18-9-4-7(13)3-8(5-9)17-11-10(14)12(19-2)16-6-15-11/h3-6H,14H2,1-2H3,(H,15,16,17). The first-order valence-electron chi connectivity index (χ1n) is 5.40. The van der Waals surface area contributed by atoms with E-state index in [-0.39, 0.29) is 0 Å². The van der Waals surface area contributed by atoms with E-state index in [1.165, 1.54) is 13.4 Å². The molecular formula is C12H13BrN4O2. The summed E-state index contributed by atoms with van der Waals surface area (Å²) >= 11 is 3.41. The van der Waals surface area contributed by atoms with E-state index in [4.69, 9.17) is 15.2 Å². The van der Waals surface area contributed by atoms with Gasteiger partial charge in [-0.25, -0.2) is 4.98 Å². The molecule has 0 amide bonds. The molecule has 1 aromatic heterocycles. The van der Waals surface area contributed by atoms with Gasteiger partial charge in [-0.3, -0.25) is 0 Å². The molecular weight excluding hydrogens is 312 g/mol. The Hall–Kier alpha value is -2.02. The molecule has 6 nitrogen and oxygen atoms in total. The van der Waals surface area contributed by atoms with Gasteiger partial charge in [0.1, 0.15) is 17.8 Å². The molecule has 0 aliphatic rings. The SMILES string of the molecule is COc1cc(Br)cc(Nc2ncnc(OC)c2N)c1. The van der Waals surface area contributed by atoms with Crippen molar-refractivity contribution < 1.29 is 9.47 Å². The van der Waals surface area contributed by atoms with Gasteiger partial charge in [-0.05, 0) is 12.1 Å². The van der Waals surface area contributed by atoms with Gasteiger partial charge in [-0.1, -0.05) is 15.9 Å². The summed E-state index contributed by atoms with van der Waals surface area (Å²) < 4.78 is 11.1. The highest BCUT2D eigenvalue weighted by atomic mass is 79.9. The van der Waals surface area contributed by atoms with Crippen LogP contribution in [0.3, 0.4) is 0 Å². The molecule has 0 bridgehead atoms. The van der Waals surface area contributed by atoms with Crippen LogP contribution in [-0.4, -0.2) is 24.2 Å². The number of nitrogen functional groups attached to an aromatic ring is 1. The van der Waals surface area contributed by atoms with Crippen LogP contribution in [0.5, 0.6) is 11.6 Å². The predicted molar refractivity (Wildman–Crippen MR) is 77.0 cm³/mol. The van der Waals surface area contributed by atoms with Crippen LogP contribution in [0.4, 0.5) is 17.2 Å². The minimum atomic E-state index is 0.333. The summed E-state index contributed by atoms with van der Waals surface area (Å²) in [7, 11) is 3.11. The molecule has 1 heterocycles. The molecule has 0 spiro atoms. The lowest BCUT2D eigenvalue weighted by Crippen LogP contribution is -2.03. The third-order valence-corrected chi connectivity index (χ3v) is 2.87. The molecule has 100 valence electrons. The molecule has 3 N–H and O–H groups in total. The summed E-state index contributed by atoms with van der Waals surface area (Å²) in [6.45, 7) is 0. The average molecular weight is 325 g/mol. The molecule has 0 atom stereocenters. The highest BCUT2D eigenvalue weighted by Crippen LogP contribution is 2.30. The number of nitrogens with two attached hydrogens (primary N) is 1. The minimum absolute atomic E-state index is 0.333. The van der Waals surface area contributed by atoms with Crippen LogP contribution < -0.4 is 20.5 Å². The van der Waals surface area contributed by atoms with Crippen LogP contribution in [0.1, 0.15) is 0 Å². The van der Waals surface area contributed by atoms with Gasteiger partial charge in [0.25, 0.3) is 0 Å². The van der Waals surface area contributed by atoms with Gasteiger partial charge < -0.3 is 20.5 Å². The van der Waals surface area contributed by atoms with Gasteiger partial charge in [0.2, 0.25) is 5.88 Å². The van der Waals surface area contributed by atoms with Crippen LogP contribution in [0.15, 0.2) is 29.0 Å². The normalized spacial score (nSPS) is 10.1. The van der Waals surface area contributed by atoms with E-state index in [1.54, 1.807) is 7.11 Å². The number of aromatic nitrogens is 2. The summed E-state index contributed by atoms with van der Waals surface area (Å²) in [5, 5.41) is 3.10. The summed E-state index contributed by atoms with van der Waals surface area (Å²) in [6.07, 6.45) is 1.38. The van der Waals surface area contributed by atoms with Crippen LogP contribution >= 0.6 is 15.9 Å². The molecule has 0 fully saturated rings. The van der Waals surface area contributed by atoms with Gasteiger partial charge in [0.05, 0.1) is 14.2 Å². The van der Waals surface area contributed by atoms with Crippen molar-refractivity contribution in [1.82, 2.24) is 9.97 Å². The fourth-order valence-corrected chi connectivity index (χ4v) is 2.00. The third kappa shape index (κ3) is 3.05. The molecule has 19 heavy (non-hydrogen) atoms. The predicted octanol–water partition coefficient (Wildman–Crippen LogP) is 2.58. The number of hydrogen-bond donors (Lipinski definition) is 2. The van der Waals surface area contributed by atoms with Gasteiger partial charge in [0.15, 0.2) is 5.82 Å². The topological polar surface area (TPSA) is 82.3 Å². The molecule has 1 aromatic carbocycles. The van der Waals surface area contributed by atoms with E-state index in [2.05, 4.69) is 31.2 Å². The molecule has 0 aliphatic heterocycles. The van der Waals surface area contributed by atoms with E-state index in [0.717, 1.165) is 15.9 Å². The monoisotopic (exact) mass is 324 g/mol. The highest BCUT2D eigenvalue weighted by molar-refractivity contribution is 9.10. The Kier molecular flexibility index (Phi) is 4.06. The second kappa shape index (κ2) is 5.75. The number of rotatable bonds is 4. The zero-order chi connectivity index (χ0) is 13.8. The fourth-order valence-electron chi connectivity index (χ4n) is 1.53. The average Bonchev–Trinajstić information content (AvgIpc) is 2.40. The van der Waals surface area contributed by atoms with E-state index >= 15 is 0 Å². The molecule has 2 rings (SSSR count). The highest BCUT2D eigenvalue weighted by Gasteiger charge is 2.09. The van der Waals surface area contributed by atoms with E-state index in [9.17, 15) is 0 Å². The van der Waals surface area contributed by atoms with E-state index < -0.39 is 0 Å². The number of hydrogen-bond acceptors (Lipinski definition) is 6. The van der Waals surface area contributed by atoms with E-state index in [0.29, 0.717) is 17.4 Å². The molecule has 0 aliphatic carbocycles. The maximum atomic E-state index is 5.89. The number of ether oxygens (including phenoxy) is 2. The number of nitrogens with zero attached hydrogens (tertiary/aromatic N) is 2. The van der Waals surface area contributed by atoms with Crippen molar-refractivity contribution in [2.24, 2.45) is 0 Å². The first-order valence-corrected chi connectivity index (χ1v) is 6.19. The first kappa shape index (κ1) is 13.4. The smallest absolute Gasteiger partial charge is 0.242 e. The van der Waals surface area contributed by atoms with E-state index in [1.807, 2.05) is 18.2 Å². The summed E-state index contributed by atoms with van der Waals surface area (Å²) in [5.74, 6) is 1.53. The summed E-state index contributed by atoms with van der Waals surface area (Å²) in [4.78, 5) is 8.00. The van der Waals surface area contributed by atoms with Crippen molar-refractivity contribution in [1.29, 1.82) is 0 Å². The van der Waals surface area contributed by atoms with Crippen LogP contribution in [0.2, 0.25) is 0 Å². The Morgan fingerprint density at radius 3 is 2.63 bits per heavy atom. The lowest BCUT2D eigenvalue weighted by atomic mass is 10.3. The van der Waals surface area contributed by atoms with Crippen molar-refractivity contribution in [3.8, 4) is 11.6 Å². The molecule has 0 saturated carbocycles. The van der Waals surface area contributed by atoms with Crippen molar-refractivity contribution >= 4 is 33.1 Å². The number of nitrogens with one attached hydrogen (secondary N) is 1. The molecule has 0 radical (unpaired) electrons. The molecule has 2 aromatic rings. The summed E-state index contributed by atoms with van der Waals surface area (Å²) in [5.41, 5.74) is 7.04. The summed E-state index contributed by atoms with van der Waals surface area (Å²) in [6, 6.07) is 5.57. The Bertz CT molecular complexity index is 592. The van der Waals surface area contributed by atoms with Gasteiger partial charge in [0, 0.05) is 16.2 Å². The lowest BCUT2D eigenvalue weighted by Gasteiger charge is -2.11. The Labute approximate surface area is 119 Å². The second-order valence-corrected chi connectivity index (χ2v) is 4.57. The first-order chi connectivity index (χ1) is 9.13. The Balaban J connectivity index is 2.33. The maximum Gasteiger partial charge on any atom is 0.242 e. The largest absolute Gasteiger partial charge is 0.497 e. The van der Waals surface area contributed by atoms with Crippen molar-refractivity contribution in [3.05, 3.63) is 29.0 Å². The van der Waals surface area contributed by atoms with Gasteiger partial charge in [-0.2, -0.15) is 4.98 Å². The Morgan fingerprint density at radius 1 is 1.16 bits per heavy atom. The molecule has 0 unspecified atom stereocenters. The van der Waals surface area contributed by atoms with Gasteiger partial charge in [-0.15, -0.1) is 0 Å². The number of halogens is 1. The number of anilines is 3. The number of benzene rings is 1. The number of methoxy groups -OCH3 is 2. The van der Waals surface area contributed by atoms with Crippen LogP contribution in [0.25, 0.3) is 0 Å².